The molecule has 25 heavy (non-hydrogen) atoms. The Balaban J connectivity index is 1.84. The smallest absolute Gasteiger partial charge is 0.239 e. The van der Waals surface area contributed by atoms with Gasteiger partial charge in [-0.2, -0.15) is 0 Å². The number of nitrogens with one attached hydrogen (secondary N) is 1. The zero-order valence-electron chi connectivity index (χ0n) is 14.0. The molecule has 0 aliphatic rings. The van der Waals surface area contributed by atoms with E-state index in [1.54, 1.807) is 36.4 Å². The Hall–Kier alpha value is -2.40. The first-order valence-electron chi connectivity index (χ1n) is 8.01. The molecule has 6 heteroatoms. The molecule has 2 aromatic carbocycles. The largest absolute Gasteiger partial charge is 0.350 e. The highest BCUT2D eigenvalue weighted by Crippen LogP contribution is 2.11. The first kappa shape index (κ1) is 18.9. The second-order valence-corrected chi connectivity index (χ2v) is 6.05. The van der Waals surface area contributed by atoms with Crippen LogP contribution < -0.4 is 5.32 Å². The van der Waals surface area contributed by atoms with Gasteiger partial charge in [0, 0.05) is 18.1 Å². The van der Waals surface area contributed by atoms with Crippen molar-refractivity contribution >= 4 is 23.4 Å². The molecule has 0 radical (unpaired) electrons. The Morgan fingerprint density at radius 3 is 2.24 bits per heavy atom. The van der Waals surface area contributed by atoms with Gasteiger partial charge in [-0.15, -0.1) is 0 Å². The second-order valence-electron chi connectivity index (χ2n) is 5.61. The summed E-state index contributed by atoms with van der Waals surface area (Å²) in [6.45, 7) is 2.55. The summed E-state index contributed by atoms with van der Waals surface area (Å²) in [7, 11) is 0. The highest BCUT2D eigenvalue weighted by Gasteiger charge is 2.15. The van der Waals surface area contributed by atoms with Crippen LogP contribution in [-0.4, -0.2) is 29.8 Å². The number of carbonyl (C=O) groups is 2. The van der Waals surface area contributed by atoms with Crippen LogP contribution in [0.1, 0.15) is 18.1 Å². The van der Waals surface area contributed by atoms with Crippen molar-refractivity contribution in [3.63, 3.8) is 0 Å². The first-order chi connectivity index (χ1) is 12.0. The van der Waals surface area contributed by atoms with E-state index in [2.05, 4.69) is 5.32 Å². The monoisotopic (exact) mass is 362 g/mol. The Morgan fingerprint density at radius 1 is 1.04 bits per heavy atom. The lowest BCUT2D eigenvalue weighted by molar-refractivity contribution is -0.135. The first-order valence-corrected chi connectivity index (χ1v) is 8.39. The third-order valence-corrected chi connectivity index (χ3v) is 3.99. The van der Waals surface area contributed by atoms with Crippen molar-refractivity contribution in [2.45, 2.75) is 19.9 Å². The van der Waals surface area contributed by atoms with Gasteiger partial charge in [0.2, 0.25) is 11.8 Å². The maximum atomic E-state index is 12.9. The van der Waals surface area contributed by atoms with Crippen LogP contribution in [0.25, 0.3) is 0 Å². The second kappa shape index (κ2) is 9.18. The van der Waals surface area contributed by atoms with E-state index in [-0.39, 0.29) is 30.6 Å². The SMILES string of the molecule is CCN(CC(=O)NCc1ccc(F)cc1)C(=O)Cc1ccc(Cl)cc1. The van der Waals surface area contributed by atoms with Crippen LogP contribution in [0.4, 0.5) is 4.39 Å². The fourth-order valence-corrected chi connectivity index (χ4v) is 2.42. The van der Waals surface area contributed by atoms with Crippen LogP contribution in [0.5, 0.6) is 0 Å². The van der Waals surface area contributed by atoms with E-state index in [9.17, 15) is 14.0 Å². The molecule has 0 bridgehead atoms. The van der Waals surface area contributed by atoms with Gasteiger partial charge in [-0.3, -0.25) is 9.59 Å². The summed E-state index contributed by atoms with van der Waals surface area (Å²) in [6.07, 6.45) is 0.219. The predicted octanol–water partition coefficient (Wildman–Crippen LogP) is 3.19. The van der Waals surface area contributed by atoms with E-state index < -0.39 is 0 Å². The van der Waals surface area contributed by atoms with Crippen LogP contribution in [0.2, 0.25) is 5.02 Å². The number of nitrogens with zero attached hydrogens (tertiary/aromatic N) is 1. The lowest BCUT2D eigenvalue weighted by Gasteiger charge is -2.20. The molecule has 2 amide bonds. The minimum Gasteiger partial charge on any atom is -0.350 e. The molecule has 2 rings (SSSR count). The van der Waals surface area contributed by atoms with Crippen molar-refractivity contribution in [2.24, 2.45) is 0 Å². The molecule has 1 N–H and O–H groups in total. The van der Waals surface area contributed by atoms with Crippen LogP contribution >= 0.6 is 11.6 Å². The van der Waals surface area contributed by atoms with Crippen LogP contribution in [0.3, 0.4) is 0 Å². The topological polar surface area (TPSA) is 49.4 Å². The number of hydrogen-bond donors (Lipinski definition) is 1. The number of rotatable bonds is 7. The van der Waals surface area contributed by atoms with E-state index >= 15 is 0 Å². The van der Waals surface area contributed by atoms with Gasteiger partial charge >= 0.3 is 0 Å². The highest BCUT2D eigenvalue weighted by atomic mass is 35.5. The minimum absolute atomic E-state index is 0.00980. The van der Waals surface area contributed by atoms with E-state index in [1.807, 2.05) is 6.92 Å². The molecule has 0 saturated carbocycles. The van der Waals surface area contributed by atoms with Gasteiger partial charge in [-0.25, -0.2) is 4.39 Å². The van der Waals surface area contributed by atoms with Crippen LogP contribution in [-0.2, 0) is 22.6 Å². The van der Waals surface area contributed by atoms with E-state index in [1.165, 1.54) is 17.0 Å². The summed E-state index contributed by atoms with van der Waals surface area (Å²) in [6, 6.07) is 13.0. The normalized spacial score (nSPS) is 10.4. The van der Waals surface area contributed by atoms with Gasteiger partial charge in [0.15, 0.2) is 0 Å². The predicted molar refractivity (Wildman–Crippen MR) is 95.7 cm³/mol. The summed E-state index contributed by atoms with van der Waals surface area (Å²) < 4.78 is 12.9. The maximum Gasteiger partial charge on any atom is 0.239 e. The van der Waals surface area contributed by atoms with Crippen molar-refractivity contribution in [3.8, 4) is 0 Å². The summed E-state index contributed by atoms with van der Waals surface area (Å²) in [4.78, 5) is 25.9. The third-order valence-electron chi connectivity index (χ3n) is 3.74. The number of halogens is 2. The standard InChI is InChI=1S/C19H20ClFN2O2/c1-2-23(19(25)11-14-3-7-16(20)8-4-14)13-18(24)22-12-15-5-9-17(21)10-6-15/h3-10H,2,11-13H2,1H3,(H,22,24). The average molecular weight is 363 g/mol. The van der Waals surface area contributed by atoms with Crippen molar-refractivity contribution in [3.05, 3.63) is 70.5 Å². The molecule has 0 aliphatic carbocycles. The van der Waals surface area contributed by atoms with Gasteiger partial charge in [-0.1, -0.05) is 35.9 Å². The van der Waals surface area contributed by atoms with Gasteiger partial charge < -0.3 is 10.2 Å². The van der Waals surface area contributed by atoms with Gasteiger partial charge in [0.1, 0.15) is 5.82 Å². The Kier molecular flexibility index (Phi) is 6.95. The fraction of sp³-hybridized carbons (Fsp3) is 0.263. The Morgan fingerprint density at radius 2 is 1.64 bits per heavy atom. The molecule has 0 saturated heterocycles. The fourth-order valence-electron chi connectivity index (χ4n) is 2.30. The Bertz CT molecular complexity index is 717. The van der Waals surface area contributed by atoms with Crippen LogP contribution in [0, 0.1) is 5.82 Å². The molecule has 0 fully saturated rings. The number of likely N-dealkylation sites (N-methyl/N-ethyl adjacent to an activating group) is 1. The molecule has 0 aromatic heterocycles. The van der Waals surface area contributed by atoms with E-state index in [0.29, 0.717) is 18.1 Å². The zero-order valence-corrected chi connectivity index (χ0v) is 14.7. The third kappa shape index (κ3) is 6.19. The molecule has 0 spiro atoms. The van der Waals surface area contributed by atoms with Crippen molar-refractivity contribution in [2.75, 3.05) is 13.1 Å². The molecule has 0 aliphatic heterocycles. The lowest BCUT2D eigenvalue weighted by Crippen LogP contribution is -2.41. The maximum absolute atomic E-state index is 12.9. The van der Waals surface area contributed by atoms with Crippen molar-refractivity contribution in [1.82, 2.24) is 10.2 Å². The summed E-state index contributed by atoms with van der Waals surface area (Å²) in [5, 5.41) is 3.35. The number of hydrogen-bond acceptors (Lipinski definition) is 2. The quantitative estimate of drug-likeness (QED) is 0.822. The minimum atomic E-state index is -0.319. The number of carbonyl (C=O) groups excluding carboxylic acids is 2. The van der Waals surface area contributed by atoms with Gasteiger partial charge in [0.05, 0.1) is 13.0 Å². The van der Waals surface area contributed by atoms with Gasteiger partial charge in [0.25, 0.3) is 0 Å². The number of benzene rings is 2. The summed E-state index contributed by atoms with van der Waals surface area (Å²) >= 11 is 5.83. The molecule has 0 atom stereocenters. The summed E-state index contributed by atoms with van der Waals surface area (Å²) in [5.41, 5.74) is 1.64. The summed E-state index contributed by atoms with van der Waals surface area (Å²) in [5.74, 6) is -0.697. The average Bonchev–Trinajstić information content (AvgIpc) is 2.61. The lowest BCUT2D eigenvalue weighted by atomic mass is 10.1. The molecule has 0 heterocycles. The Labute approximate surface area is 151 Å². The highest BCUT2D eigenvalue weighted by molar-refractivity contribution is 6.30. The molecule has 2 aromatic rings. The molecule has 0 unspecified atom stereocenters. The molecule has 4 nitrogen and oxygen atoms in total. The number of amides is 2. The molecular weight excluding hydrogens is 343 g/mol. The van der Waals surface area contributed by atoms with Crippen LogP contribution in [0.15, 0.2) is 48.5 Å². The van der Waals surface area contributed by atoms with E-state index in [0.717, 1.165) is 11.1 Å². The van der Waals surface area contributed by atoms with Crippen molar-refractivity contribution in [1.29, 1.82) is 0 Å². The molecular formula is C19H20ClFN2O2. The van der Waals surface area contributed by atoms with Gasteiger partial charge in [-0.05, 0) is 42.3 Å². The van der Waals surface area contributed by atoms with E-state index in [4.69, 9.17) is 11.6 Å². The zero-order chi connectivity index (χ0) is 18.2. The molecule has 132 valence electrons. The van der Waals surface area contributed by atoms with Crippen molar-refractivity contribution < 1.29 is 14.0 Å².